The number of thioether (sulfide) groups is 1. The third-order valence-electron chi connectivity index (χ3n) is 4.56. The fourth-order valence-corrected chi connectivity index (χ4v) is 5.86. The van der Waals surface area contributed by atoms with Crippen molar-refractivity contribution in [3.8, 4) is 0 Å². The number of rotatable bonds is 10. The lowest BCUT2D eigenvalue weighted by Gasteiger charge is -2.20. The van der Waals surface area contributed by atoms with E-state index in [-0.39, 0.29) is 16.6 Å². The van der Waals surface area contributed by atoms with Crippen molar-refractivity contribution in [2.45, 2.75) is 30.8 Å². The number of hydrogen-bond acceptors (Lipinski definition) is 7. The quantitative estimate of drug-likeness (QED) is 0.413. The number of thiophene rings is 1. The summed E-state index contributed by atoms with van der Waals surface area (Å²) in [7, 11) is -3.62. The first-order chi connectivity index (χ1) is 15.3. The molecule has 0 saturated heterocycles. The Hall–Kier alpha value is -2.47. The van der Waals surface area contributed by atoms with Crippen molar-refractivity contribution in [3.63, 3.8) is 0 Å². The van der Waals surface area contributed by atoms with E-state index in [1.54, 1.807) is 44.2 Å². The predicted molar refractivity (Wildman–Crippen MR) is 130 cm³/mol. The van der Waals surface area contributed by atoms with Crippen LogP contribution in [0.4, 0.5) is 5.69 Å². The molecule has 0 spiro atoms. The van der Waals surface area contributed by atoms with Crippen molar-refractivity contribution in [2.75, 3.05) is 24.2 Å². The third-order valence-corrected chi connectivity index (χ3v) is 8.44. The largest absolute Gasteiger partial charge is 0.325 e. The molecule has 0 aliphatic heterocycles. The number of benzene rings is 1. The molecule has 1 amide bonds. The van der Waals surface area contributed by atoms with Crippen LogP contribution in [-0.2, 0) is 14.8 Å². The lowest BCUT2D eigenvalue weighted by Crippen LogP contribution is -2.31. The molecule has 2 aromatic heterocycles. The number of amides is 1. The van der Waals surface area contributed by atoms with Crippen molar-refractivity contribution >= 4 is 56.9 Å². The first-order valence-corrected chi connectivity index (χ1v) is 13.3. The molecule has 0 atom stereocenters. The Morgan fingerprint density at radius 1 is 1.25 bits per heavy atom. The van der Waals surface area contributed by atoms with Crippen LogP contribution in [0.15, 0.2) is 45.8 Å². The van der Waals surface area contributed by atoms with E-state index in [4.69, 9.17) is 0 Å². The minimum Gasteiger partial charge on any atom is -0.325 e. The number of carbonyl (C=O) groups is 1. The van der Waals surface area contributed by atoms with Crippen molar-refractivity contribution in [1.82, 2.24) is 19.5 Å². The van der Waals surface area contributed by atoms with Crippen LogP contribution in [0, 0.1) is 6.92 Å². The fourth-order valence-electron chi connectivity index (χ4n) is 2.93. The SMILES string of the molecule is CCN(CC)S(=O)(=O)c1cc(NC(=O)CSc2n[nH]c(/C=C/c3cccs3)n2)ccc1C. The molecular formula is C21H25N5O3S3. The smallest absolute Gasteiger partial charge is 0.243 e. The van der Waals surface area contributed by atoms with Gasteiger partial charge in [0.1, 0.15) is 5.82 Å². The average Bonchev–Trinajstić information content (AvgIpc) is 3.44. The lowest BCUT2D eigenvalue weighted by atomic mass is 10.2. The number of anilines is 1. The van der Waals surface area contributed by atoms with E-state index < -0.39 is 10.0 Å². The number of nitrogens with zero attached hydrogens (tertiary/aromatic N) is 3. The monoisotopic (exact) mass is 491 g/mol. The highest BCUT2D eigenvalue weighted by atomic mass is 32.2. The van der Waals surface area contributed by atoms with Crippen molar-refractivity contribution in [3.05, 3.63) is 52.0 Å². The Kier molecular flexibility index (Phi) is 8.24. The Bertz CT molecular complexity index is 1180. The van der Waals surface area contributed by atoms with E-state index in [0.717, 1.165) is 4.88 Å². The van der Waals surface area contributed by atoms with Crippen molar-refractivity contribution < 1.29 is 13.2 Å². The summed E-state index contributed by atoms with van der Waals surface area (Å²) in [6.07, 6.45) is 3.76. The summed E-state index contributed by atoms with van der Waals surface area (Å²) >= 11 is 2.82. The molecule has 3 aromatic rings. The molecule has 0 saturated carbocycles. The van der Waals surface area contributed by atoms with Gasteiger partial charge in [0.15, 0.2) is 0 Å². The Balaban J connectivity index is 1.61. The Labute approximate surface area is 196 Å². The second-order valence-corrected chi connectivity index (χ2v) is 10.6. The highest BCUT2D eigenvalue weighted by Gasteiger charge is 2.24. The fraction of sp³-hybridized carbons (Fsp3) is 0.286. The summed E-state index contributed by atoms with van der Waals surface area (Å²) in [5, 5.41) is 12.1. The van der Waals surface area contributed by atoms with Crippen LogP contribution in [-0.4, -0.2) is 52.7 Å². The molecule has 11 heteroatoms. The summed E-state index contributed by atoms with van der Waals surface area (Å²) < 4.78 is 27.2. The number of H-pyrrole nitrogens is 1. The van der Waals surface area contributed by atoms with Crippen LogP contribution >= 0.6 is 23.1 Å². The molecule has 3 rings (SSSR count). The molecule has 0 fully saturated rings. The zero-order valence-electron chi connectivity index (χ0n) is 18.0. The van der Waals surface area contributed by atoms with Crippen LogP contribution < -0.4 is 5.32 Å². The minimum absolute atomic E-state index is 0.0952. The first kappa shape index (κ1) is 24.2. The molecule has 2 N–H and O–H groups in total. The maximum atomic E-state index is 12.9. The molecule has 1 aromatic carbocycles. The summed E-state index contributed by atoms with van der Waals surface area (Å²) in [4.78, 5) is 18.0. The van der Waals surface area contributed by atoms with Gasteiger partial charge in [0.25, 0.3) is 0 Å². The summed E-state index contributed by atoms with van der Waals surface area (Å²) in [6.45, 7) is 6.10. The van der Waals surface area contributed by atoms with E-state index in [1.807, 2.05) is 29.7 Å². The Morgan fingerprint density at radius 3 is 2.72 bits per heavy atom. The maximum absolute atomic E-state index is 12.9. The predicted octanol–water partition coefficient (Wildman–Crippen LogP) is 4.11. The second kappa shape index (κ2) is 10.9. The molecule has 0 unspecified atom stereocenters. The zero-order chi connectivity index (χ0) is 23.1. The van der Waals surface area contributed by atoms with Gasteiger partial charge in [-0.05, 0) is 48.2 Å². The number of aromatic amines is 1. The van der Waals surface area contributed by atoms with Gasteiger partial charge >= 0.3 is 0 Å². The van der Waals surface area contributed by atoms with E-state index in [0.29, 0.717) is 35.3 Å². The van der Waals surface area contributed by atoms with E-state index in [9.17, 15) is 13.2 Å². The molecule has 2 heterocycles. The maximum Gasteiger partial charge on any atom is 0.243 e. The molecule has 0 radical (unpaired) electrons. The van der Waals surface area contributed by atoms with Gasteiger partial charge in [-0.1, -0.05) is 37.7 Å². The molecule has 0 aliphatic rings. The van der Waals surface area contributed by atoms with E-state index >= 15 is 0 Å². The van der Waals surface area contributed by atoms with Crippen LogP contribution in [0.25, 0.3) is 12.2 Å². The number of aromatic nitrogens is 3. The van der Waals surface area contributed by atoms with E-state index in [1.165, 1.54) is 22.1 Å². The highest BCUT2D eigenvalue weighted by molar-refractivity contribution is 7.99. The Morgan fingerprint density at radius 2 is 2.03 bits per heavy atom. The molecular weight excluding hydrogens is 466 g/mol. The normalized spacial score (nSPS) is 12.0. The number of nitrogens with one attached hydrogen (secondary N) is 2. The van der Waals surface area contributed by atoms with Gasteiger partial charge in [0.2, 0.25) is 21.1 Å². The van der Waals surface area contributed by atoms with Gasteiger partial charge in [-0.2, -0.15) is 4.31 Å². The first-order valence-electron chi connectivity index (χ1n) is 10.0. The van der Waals surface area contributed by atoms with E-state index in [2.05, 4.69) is 20.5 Å². The number of hydrogen-bond donors (Lipinski definition) is 2. The van der Waals surface area contributed by atoms with Gasteiger partial charge in [0, 0.05) is 23.7 Å². The molecule has 170 valence electrons. The minimum atomic E-state index is -3.62. The van der Waals surface area contributed by atoms with Gasteiger partial charge in [-0.3, -0.25) is 9.89 Å². The second-order valence-electron chi connectivity index (χ2n) is 6.76. The number of sulfonamides is 1. The summed E-state index contributed by atoms with van der Waals surface area (Å²) in [6, 6.07) is 8.87. The van der Waals surface area contributed by atoms with Crippen LogP contribution in [0.5, 0.6) is 0 Å². The number of carbonyl (C=O) groups excluding carboxylic acids is 1. The average molecular weight is 492 g/mol. The third kappa shape index (κ3) is 6.06. The molecule has 0 bridgehead atoms. The van der Waals surface area contributed by atoms with Crippen LogP contribution in [0.1, 0.15) is 30.1 Å². The van der Waals surface area contributed by atoms with Gasteiger partial charge in [-0.25, -0.2) is 13.4 Å². The van der Waals surface area contributed by atoms with Crippen LogP contribution in [0.2, 0.25) is 0 Å². The molecule has 32 heavy (non-hydrogen) atoms. The number of aryl methyl sites for hydroxylation is 1. The van der Waals surface area contributed by atoms with Crippen molar-refractivity contribution in [1.29, 1.82) is 0 Å². The standard InChI is InChI=1S/C21H25N5O3S3/c1-4-26(5-2)32(28,29)18-13-16(9-8-15(18)3)22-20(27)14-31-21-23-19(24-25-21)11-10-17-7-6-12-30-17/h6-13H,4-5,14H2,1-3H3,(H,22,27)(H,23,24,25)/b11-10+. The van der Waals surface area contributed by atoms with Crippen LogP contribution in [0.3, 0.4) is 0 Å². The van der Waals surface area contributed by atoms with Crippen molar-refractivity contribution in [2.24, 2.45) is 0 Å². The zero-order valence-corrected chi connectivity index (χ0v) is 20.5. The molecule has 0 aliphatic carbocycles. The van der Waals surface area contributed by atoms with Gasteiger partial charge in [-0.15, -0.1) is 16.4 Å². The van der Waals surface area contributed by atoms with Gasteiger partial charge in [0.05, 0.1) is 10.6 Å². The summed E-state index contributed by atoms with van der Waals surface area (Å²) in [5.74, 6) is 0.425. The summed E-state index contributed by atoms with van der Waals surface area (Å²) in [5.41, 5.74) is 1.06. The molecule has 8 nitrogen and oxygen atoms in total. The highest BCUT2D eigenvalue weighted by Crippen LogP contribution is 2.24. The lowest BCUT2D eigenvalue weighted by molar-refractivity contribution is -0.113. The van der Waals surface area contributed by atoms with Gasteiger partial charge < -0.3 is 5.32 Å². The topological polar surface area (TPSA) is 108 Å².